The van der Waals surface area contributed by atoms with Gasteiger partial charge >= 0.3 is 0 Å². The van der Waals surface area contributed by atoms with Gasteiger partial charge in [0.05, 0.1) is 24.0 Å². The first kappa shape index (κ1) is 12.1. The largest absolute Gasteiger partial charge is 0.490 e. The molecule has 1 aromatic heterocycles. The quantitative estimate of drug-likeness (QED) is 0.890. The molecule has 1 heterocycles. The van der Waals surface area contributed by atoms with Gasteiger partial charge < -0.3 is 10.1 Å². The molecule has 1 fully saturated rings. The lowest BCUT2D eigenvalue weighted by atomic mass is 10.0. The van der Waals surface area contributed by atoms with Gasteiger partial charge in [-0.05, 0) is 37.6 Å². The van der Waals surface area contributed by atoms with E-state index in [2.05, 4.69) is 27.4 Å². The molecule has 0 radical (unpaired) electrons. The summed E-state index contributed by atoms with van der Waals surface area (Å²) in [6.07, 6.45) is 7.98. The first-order valence-electron chi connectivity index (χ1n) is 6.56. The molecule has 19 heavy (non-hydrogen) atoms. The SMILES string of the molecule is CNC(c1ccc(OC2CC2)cc1)c1cnccn1. The van der Waals surface area contributed by atoms with Gasteiger partial charge in [-0.15, -0.1) is 0 Å². The predicted molar refractivity (Wildman–Crippen MR) is 73.0 cm³/mol. The van der Waals surface area contributed by atoms with Crippen LogP contribution in [-0.2, 0) is 0 Å². The van der Waals surface area contributed by atoms with Crippen LogP contribution in [0.25, 0.3) is 0 Å². The van der Waals surface area contributed by atoms with Crippen LogP contribution in [-0.4, -0.2) is 23.1 Å². The highest BCUT2D eigenvalue weighted by Crippen LogP contribution is 2.28. The second-order valence-corrected chi connectivity index (χ2v) is 4.74. The Morgan fingerprint density at radius 3 is 2.58 bits per heavy atom. The Kier molecular flexibility index (Phi) is 3.42. The zero-order valence-electron chi connectivity index (χ0n) is 10.9. The number of nitrogens with one attached hydrogen (secondary N) is 1. The van der Waals surface area contributed by atoms with Crippen molar-refractivity contribution in [2.24, 2.45) is 0 Å². The molecule has 0 aliphatic heterocycles. The summed E-state index contributed by atoms with van der Waals surface area (Å²) in [7, 11) is 1.92. The summed E-state index contributed by atoms with van der Waals surface area (Å²) in [6, 6.07) is 8.26. The molecule has 0 saturated heterocycles. The highest BCUT2D eigenvalue weighted by atomic mass is 16.5. The van der Waals surface area contributed by atoms with Crippen LogP contribution in [0, 0.1) is 0 Å². The number of benzene rings is 1. The summed E-state index contributed by atoms with van der Waals surface area (Å²) in [5, 5.41) is 3.26. The maximum Gasteiger partial charge on any atom is 0.119 e. The summed E-state index contributed by atoms with van der Waals surface area (Å²) in [5.41, 5.74) is 2.08. The summed E-state index contributed by atoms with van der Waals surface area (Å²) in [6.45, 7) is 0. The molecule has 1 atom stereocenters. The first-order valence-corrected chi connectivity index (χ1v) is 6.56. The molecule has 0 bridgehead atoms. The Balaban J connectivity index is 1.79. The molecule has 3 rings (SSSR count). The minimum Gasteiger partial charge on any atom is -0.490 e. The minimum absolute atomic E-state index is 0.0590. The molecule has 1 saturated carbocycles. The van der Waals surface area contributed by atoms with Gasteiger partial charge in [0.25, 0.3) is 0 Å². The van der Waals surface area contributed by atoms with E-state index in [1.54, 1.807) is 18.6 Å². The van der Waals surface area contributed by atoms with Crippen LogP contribution in [0.15, 0.2) is 42.9 Å². The van der Waals surface area contributed by atoms with Crippen molar-refractivity contribution in [2.75, 3.05) is 7.05 Å². The fourth-order valence-corrected chi connectivity index (χ4v) is 2.06. The van der Waals surface area contributed by atoms with Crippen LogP contribution in [0.2, 0.25) is 0 Å². The zero-order valence-corrected chi connectivity index (χ0v) is 10.9. The van der Waals surface area contributed by atoms with Crippen molar-refractivity contribution in [1.82, 2.24) is 15.3 Å². The third-order valence-electron chi connectivity index (χ3n) is 3.21. The van der Waals surface area contributed by atoms with E-state index < -0.39 is 0 Å². The lowest BCUT2D eigenvalue weighted by Gasteiger charge is -2.16. The highest BCUT2D eigenvalue weighted by molar-refractivity contribution is 5.33. The Bertz CT molecular complexity index is 523. The van der Waals surface area contributed by atoms with E-state index in [4.69, 9.17) is 4.74 Å². The van der Waals surface area contributed by atoms with Gasteiger partial charge in [-0.25, -0.2) is 0 Å². The van der Waals surface area contributed by atoms with E-state index in [0.717, 1.165) is 17.0 Å². The predicted octanol–water partition coefficient (Wildman–Crippen LogP) is 2.33. The van der Waals surface area contributed by atoms with Gasteiger partial charge in [0, 0.05) is 12.4 Å². The molecular formula is C15H17N3O. The normalized spacial score (nSPS) is 16.1. The molecule has 4 heteroatoms. The molecule has 1 aliphatic rings. The molecule has 1 unspecified atom stereocenters. The van der Waals surface area contributed by atoms with E-state index in [-0.39, 0.29) is 6.04 Å². The Morgan fingerprint density at radius 1 is 1.21 bits per heavy atom. The van der Waals surface area contributed by atoms with Gasteiger partial charge in [0.2, 0.25) is 0 Å². The first-order chi connectivity index (χ1) is 9.36. The fraction of sp³-hybridized carbons (Fsp3) is 0.333. The van der Waals surface area contributed by atoms with Gasteiger partial charge in [0.1, 0.15) is 5.75 Å². The number of hydrogen-bond acceptors (Lipinski definition) is 4. The average Bonchev–Trinajstić information content (AvgIpc) is 3.27. The Morgan fingerprint density at radius 2 is 2.00 bits per heavy atom. The van der Waals surface area contributed by atoms with Crippen LogP contribution >= 0.6 is 0 Å². The molecule has 1 N–H and O–H groups in total. The topological polar surface area (TPSA) is 47.0 Å². The van der Waals surface area contributed by atoms with E-state index in [1.807, 2.05) is 19.2 Å². The second-order valence-electron chi connectivity index (χ2n) is 4.74. The van der Waals surface area contributed by atoms with Gasteiger partial charge in [-0.2, -0.15) is 0 Å². The summed E-state index contributed by atoms with van der Waals surface area (Å²) in [5.74, 6) is 0.945. The van der Waals surface area contributed by atoms with Crippen molar-refractivity contribution >= 4 is 0 Å². The third-order valence-corrected chi connectivity index (χ3v) is 3.21. The van der Waals surface area contributed by atoms with Gasteiger partial charge in [-0.3, -0.25) is 9.97 Å². The van der Waals surface area contributed by atoms with Crippen LogP contribution in [0.1, 0.15) is 30.1 Å². The highest BCUT2D eigenvalue weighted by Gasteiger charge is 2.23. The van der Waals surface area contributed by atoms with Crippen LogP contribution < -0.4 is 10.1 Å². The Hall–Kier alpha value is -1.94. The second kappa shape index (κ2) is 5.36. The van der Waals surface area contributed by atoms with Crippen molar-refractivity contribution in [3.63, 3.8) is 0 Å². The van der Waals surface area contributed by atoms with Crippen molar-refractivity contribution in [2.45, 2.75) is 25.0 Å². The maximum absolute atomic E-state index is 5.75. The van der Waals surface area contributed by atoms with E-state index in [0.29, 0.717) is 6.10 Å². The zero-order chi connectivity index (χ0) is 13.1. The lowest BCUT2D eigenvalue weighted by Crippen LogP contribution is -2.18. The van der Waals surface area contributed by atoms with Crippen molar-refractivity contribution in [3.8, 4) is 5.75 Å². The monoisotopic (exact) mass is 255 g/mol. The lowest BCUT2D eigenvalue weighted by molar-refractivity contribution is 0.303. The third kappa shape index (κ3) is 2.90. The molecule has 2 aromatic rings. The number of aromatic nitrogens is 2. The van der Waals surface area contributed by atoms with Crippen LogP contribution in [0.5, 0.6) is 5.75 Å². The van der Waals surface area contributed by atoms with Crippen molar-refractivity contribution in [1.29, 1.82) is 0 Å². The summed E-state index contributed by atoms with van der Waals surface area (Å²) >= 11 is 0. The maximum atomic E-state index is 5.75. The fourth-order valence-electron chi connectivity index (χ4n) is 2.06. The van der Waals surface area contributed by atoms with Crippen molar-refractivity contribution in [3.05, 3.63) is 54.1 Å². The Labute approximate surface area is 112 Å². The number of nitrogens with zero attached hydrogens (tertiary/aromatic N) is 2. The average molecular weight is 255 g/mol. The molecular weight excluding hydrogens is 238 g/mol. The number of hydrogen-bond donors (Lipinski definition) is 1. The van der Waals surface area contributed by atoms with E-state index >= 15 is 0 Å². The summed E-state index contributed by atoms with van der Waals surface area (Å²) in [4.78, 5) is 8.47. The molecule has 4 nitrogen and oxygen atoms in total. The standard InChI is InChI=1S/C15H17N3O/c1-16-15(14-10-17-8-9-18-14)11-2-4-12(5-3-11)19-13-6-7-13/h2-5,8-10,13,15-16H,6-7H2,1H3. The molecule has 1 aromatic carbocycles. The van der Waals surface area contributed by atoms with Crippen LogP contribution in [0.3, 0.4) is 0 Å². The molecule has 1 aliphatic carbocycles. The van der Waals surface area contributed by atoms with E-state index in [1.165, 1.54) is 12.8 Å². The van der Waals surface area contributed by atoms with Crippen LogP contribution in [0.4, 0.5) is 0 Å². The van der Waals surface area contributed by atoms with Gasteiger partial charge in [0.15, 0.2) is 0 Å². The smallest absolute Gasteiger partial charge is 0.119 e. The van der Waals surface area contributed by atoms with E-state index in [9.17, 15) is 0 Å². The minimum atomic E-state index is 0.0590. The number of ether oxygens (including phenoxy) is 1. The molecule has 0 amide bonds. The summed E-state index contributed by atoms with van der Waals surface area (Å²) < 4.78 is 5.75. The molecule has 0 spiro atoms. The van der Waals surface area contributed by atoms with Crippen molar-refractivity contribution < 1.29 is 4.74 Å². The number of rotatable bonds is 5. The molecule has 98 valence electrons. The van der Waals surface area contributed by atoms with Gasteiger partial charge in [-0.1, -0.05) is 12.1 Å².